The average Bonchev–Trinajstić information content (AvgIpc) is 3.31. The van der Waals surface area contributed by atoms with E-state index in [2.05, 4.69) is 49.6 Å². The molecule has 1 aromatic rings. The number of rotatable bonds is 4. The van der Waals surface area contributed by atoms with Crippen molar-refractivity contribution in [3.8, 4) is 36.0 Å². The van der Waals surface area contributed by atoms with Gasteiger partial charge in [-0.15, -0.1) is 6.42 Å². The lowest BCUT2D eigenvalue weighted by Gasteiger charge is -2.29. The fourth-order valence-corrected chi connectivity index (χ4v) is 2.93. The van der Waals surface area contributed by atoms with Crippen LogP contribution in [0.1, 0.15) is 44.2 Å². The molecule has 1 fully saturated rings. The molecule has 2 heterocycles. The molecular weight excluding hydrogens is 344 g/mol. The molecule has 1 saturated heterocycles. The van der Waals surface area contributed by atoms with Gasteiger partial charge in [0.15, 0.2) is 0 Å². The van der Waals surface area contributed by atoms with Gasteiger partial charge in [0, 0.05) is 6.54 Å². The fraction of sp³-hybridized carbons (Fsp3) is 0.450. The molecule has 7 heteroatoms. The maximum atomic E-state index is 13.0. The zero-order chi connectivity index (χ0) is 19.8. The van der Waals surface area contributed by atoms with Crippen molar-refractivity contribution < 1.29 is 14.3 Å². The number of alkyl carbamates (subject to hydrolysis) is 1. The smallest absolute Gasteiger partial charge is 0.407 e. The van der Waals surface area contributed by atoms with E-state index in [9.17, 15) is 9.59 Å². The predicted molar refractivity (Wildman–Crippen MR) is 99.9 cm³/mol. The molecule has 2 rings (SSSR count). The van der Waals surface area contributed by atoms with Gasteiger partial charge in [-0.2, -0.15) is 0 Å². The van der Waals surface area contributed by atoms with Crippen LogP contribution in [-0.4, -0.2) is 46.6 Å². The van der Waals surface area contributed by atoms with E-state index < -0.39 is 12.1 Å². The number of amides is 2. The number of aromatic nitrogens is 2. The number of H-pyrrole nitrogens is 1. The van der Waals surface area contributed by atoms with E-state index >= 15 is 0 Å². The fourth-order valence-electron chi connectivity index (χ4n) is 2.93. The summed E-state index contributed by atoms with van der Waals surface area (Å²) in [6.07, 6.45) is 7.66. The monoisotopic (exact) mass is 366 g/mol. The molecule has 140 valence electrons. The summed E-state index contributed by atoms with van der Waals surface area (Å²) < 4.78 is 4.64. The Kier molecular flexibility index (Phi) is 6.92. The zero-order valence-electron chi connectivity index (χ0n) is 15.6. The van der Waals surface area contributed by atoms with E-state index in [1.807, 2.05) is 13.8 Å². The summed E-state index contributed by atoms with van der Waals surface area (Å²) in [7, 11) is 1.27. The van der Waals surface area contributed by atoms with E-state index in [4.69, 9.17) is 6.42 Å². The van der Waals surface area contributed by atoms with Crippen LogP contribution in [0, 0.1) is 41.9 Å². The first-order chi connectivity index (χ1) is 13.0. The maximum Gasteiger partial charge on any atom is 0.407 e. The Morgan fingerprint density at radius 3 is 2.85 bits per heavy atom. The number of aromatic amines is 1. The normalized spacial score (nSPS) is 16.4. The number of likely N-dealkylation sites (tertiary alicyclic amines) is 1. The second kappa shape index (κ2) is 9.36. The summed E-state index contributed by atoms with van der Waals surface area (Å²) in [5.74, 6) is 13.0. The van der Waals surface area contributed by atoms with Crippen LogP contribution in [0.25, 0.3) is 0 Å². The molecule has 1 aliphatic rings. The number of hydrogen-bond donors (Lipinski definition) is 2. The summed E-state index contributed by atoms with van der Waals surface area (Å²) in [4.78, 5) is 33.8. The van der Waals surface area contributed by atoms with Crippen LogP contribution in [0.2, 0.25) is 0 Å². The van der Waals surface area contributed by atoms with Crippen molar-refractivity contribution in [3.05, 3.63) is 17.7 Å². The van der Waals surface area contributed by atoms with Crippen molar-refractivity contribution in [2.24, 2.45) is 5.92 Å². The van der Waals surface area contributed by atoms with Gasteiger partial charge in [-0.3, -0.25) is 4.79 Å². The second-order valence-corrected chi connectivity index (χ2v) is 6.37. The standard InChI is InChI=1S/C20H22N4O3/c1-5-6-7-8-10-15-13-21-18(22-15)16-11-9-12-24(16)19(25)17(14(2)3)23-20(26)27-4/h1,13-14,16-17H,9,11-12H2,2-4H3,(H,21,22)(H,23,26)/t16-,17-/m1/s1. The number of imidazole rings is 1. The van der Waals surface area contributed by atoms with Crippen molar-refractivity contribution in [1.29, 1.82) is 0 Å². The predicted octanol–water partition coefficient (Wildman–Crippen LogP) is 1.44. The Hall–Kier alpha value is -3.37. The minimum absolute atomic E-state index is 0.0781. The Morgan fingerprint density at radius 2 is 2.19 bits per heavy atom. The van der Waals surface area contributed by atoms with Gasteiger partial charge in [0.1, 0.15) is 17.6 Å². The third-order valence-electron chi connectivity index (χ3n) is 4.23. The Labute approximate surface area is 159 Å². The van der Waals surface area contributed by atoms with Crippen LogP contribution in [0.15, 0.2) is 6.20 Å². The van der Waals surface area contributed by atoms with E-state index in [-0.39, 0.29) is 17.9 Å². The largest absolute Gasteiger partial charge is 0.453 e. The highest BCUT2D eigenvalue weighted by atomic mass is 16.5. The SMILES string of the molecule is C#CC#CC#Cc1cnc([C@H]2CCCN2C(=O)[C@H](NC(=O)OC)C(C)C)[nH]1. The molecule has 7 nitrogen and oxygen atoms in total. The lowest BCUT2D eigenvalue weighted by atomic mass is 10.0. The molecule has 27 heavy (non-hydrogen) atoms. The topological polar surface area (TPSA) is 87.3 Å². The molecule has 0 spiro atoms. The summed E-state index contributed by atoms with van der Waals surface area (Å²) in [5.41, 5.74) is 0.601. The highest BCUT2D eigenvalue weighted by molar-refractivity contribution is 5.86. The van der Waals surface area contributed by atoms with Gasteiger partial charge in [0.05, 0.1) is 19.3 Å². The van der Waals surface area contributed by atoms with Crippen LogP contribution >= 0.6 is 0 Å². The number of nitrogens with zero attached hydrogens (tertiary/aromatic N) is 2. The summed E-state index contributed by atoms with van der Waals surface area (Å²) in [6.45, 7) is 4.35. The first kappa shape index (κ1) is 19.9. The number of methoxy groups -OCH3 is 1. The van der Waals surface area contributed by atoms with Gasteiger partial charge in [-0.1, -0.05) is 13.8 Å². The van der Waals surface area contributed by atoms with Crippen molar-refractivity contribution >= 4 is 12.0 Å². The number of terminal acetylenes is 1. The van der Waals surface area contributed by atoms with Gasteiger partial charge in [0.2, 0.25) is 5.91 Å². The third-order valence-corrected chi connectivity index (χ3v) is 4.23. The molecule has 1 aliphatic heterocycles. The number of nitrogens with one attached hydrogen (secondary N) is 2. The van der Waals surface area contributed by atoms with E-state index in [0.717, 1.165) is 12.8 Å². The Morgan fingerprint density at radius 1 is 1.41 bits per heavy atom. The number of carbonyl (C=O) groups is 2. The zero-order valence-corrected chi connectivity index (χ0v) is 15.6. The van der Waals surface area contributed by atoms with Crippen molar-refractivity contribution in [2.75, 3.05) is 13.7 Å². The minimum atomic E-state index is -0.661. The lowest BCUT2D eigenvalue weighted by Crippen LogP contribution is -2.51. The average molecular weight is 366 g/mol. The van der Waals surface area contributed by atoms with Gasteiger partial charge in [-0.25, -0.2) is 9.78 Å². The van der Waals surface area contributed by atoms with E-state index in [1.54, 1.807) is 11.1 Å². The van der Waals surface area contributed by atoms with Crippen molar-refractivity contribution in [3.63, 3.8) is 0 Å². The summed E-state index contributed by atoms with van der Waals surface area (Å²) in [6, 6.07) is -0.850. The molecule has 0 unspecified atom stereocenters. The van der Waals surface area contributed by atoms with Crippen LogP contribution < -0.4 is 5.32 Å². The van der Waals surface area contributed by atoms with Gasteiger partial charge < -0.3 is 19.9 Å². The van der Waals surface area contributed by atoms with Crippen molar-refractivity contribution in [2.45, 2.75) is 38.8 Å². The second-order valence-electron chi connectivity index (χ2n) is 6.37. The molecular formula is C20H22N4O3. The maximum absolute atomic E-state index is 13.0. The van der Waals surface area contributed by atoms with Crippen LogP contribution in [0.5, 0.6) is 0 Å². The first-order valence-corrected chi connectivity index (χ1v) is 8.64. The molecule has 2 atom stereocenters. The van der Waals surface area contributed by atoms with E-state index in [0.29, 0.717) is 18.1 Å². The van der Waals surface area contributed by atoms with Gasteiger partial charge in [-0.05, 0) is 48.4 Å². The molecule has 0 aromatic carbocycles. The number of ether oxygens (including phenoxy) is 1. The van der Waals surface area contributed by atoms with E-state index in [1.165, 1.54) is 7.11 Å². The minimum Gasteiger partial charge on any atom is -0.453 e. The summed E-state index contributed by atoms with van der Waals surface area (Å²) in [5, 5.41) is 2.62. The number of carbonyl (C=O) groups excluding carboxylic acids is 2. The van der Waals surface area contributed by atoms with Crippen LogP contribution in [-0.2, 0) is 9.53 Å². The Balaban J connectivity index is 2.17. The molecule has 2 amide bonds. The molecule has 0 aliphatic carbocycles. The lowest BCUT2D eigenvalue weighted by molar-refractivity contribution is -0.135. The molecule has 0 radical (unpaired) electrons. The highest BCUT2D eigenvalue weighted by Crippen LogP contribution is 2.31. The number of hydrogen-bond acceptors (Lipinski definition) is 4. The molecule has 0 saturated carbocycles. The Bertz CT molecular complexity index is 858. The van der Waals surface area contributed by atoms with Gasteiger partial charge in [0.25, 0.3) is 0 Å². The molecule has 1 aromatic heterocycles. The third kappa shape index (κ3) is 5.06. The van der Waals surface area contributed by atoms with Crippen LogP contribution in [0.3, 0.4) is 0 Å². The quantitative estimate of drug-likeness (QED) is 0.790. The molecule has 0 bridgehead atoms. The molecule has 2 N–H and O–H groups in total. The first-order valence-electron chi connectivity index (χ1n) is 8.64. The van der Waals surface area contributed by atoms with Crippen molar-refractivity contribution in [1.82, 2.24) is 20.2 Å². The highest BCUT2D eigenvalue weighted by Gasteiger charge is 2.37. The van der Waals surface area contributed by atoms with Crippen LogP contribution in [0.4, 0.5) is 4.79 Å². The summed E-state index contributed by atoms with van der Waals surface area (Å²) >= 11 is 0. The van der Waals surface area contributed by atoms with Gasteiger partial charge >= 0.3 is 6.09 Å².